The molecule has 140 heavy (non-hydrogen) atoms. The van der Waals surface area contributed by atoms with Crippen molar-refractivity contribution in [2.45, 2.75) is 38.5 Å². The molecule has 0 unspecified atom stereocenters. The van der Waals surface area contributed by atoms with Crippen LogP contribution in [0.2, 0.25) is 0 Å². The molecule has 0 aliphatic heterocycles. The highest BCUT2D eigenvalue weighted by Crippen LogP contribution is 2.57. The Kier molecular flexibility index (Phi) is 20.1. The summed E-state index contributed by atoms with van der Waals surface area (Å²) in [5.41, 5.74) is 36.1. The molecule has 28 rings (SSSR count). The summed E-state index contributed by atoms with van der Waals surface area (Å²) in [7, 11) is 0. The van der Waals surface area contributed by atoms with Crippen molar-refractivity contribution in [2.24, 2.45) is 0 Å². The number of hydrogen-bond acceptors (Lipinski definition) is 0. The van der Waals surface area contributed by atoms with Crippen molar-refractivity contribution in [3.8, 4) is 134 Å². The molecule has 0 saturated heterocycles. The predicted octanol–water partition coefficient (Wildman–Crippen LogP) is 39.0. The summed E-state index contributed by atoms with van der Waals surface area (Å²) in [5, 5.41) is 28.0. The van der Waals surface area contributed by atoms with Crippen molar-refractivity contribution in [1.82, 2.24) is 0 Å². The first-order valence-electron chi connectivity index (χ1n) is 49.1. The SMILES string of the molecule is CC1(C)c2ccccc2-c2ccc(-c3c4ccccc4c(-c4cccc5ccccc45)c4cc(-c5ccccc5)ccc34)cc21.CC1(C)c2ccccc2-c2ccc(-c3c4ccccc4c(-c4cccc5ccccc45)c4ccc(-c5ccc6ccccc6c5)cc34)cc21.c1ccc(-c2ccc(-c3c4ccccc4c(-c4cccc5ccccc45)c4cc(-c5cccc6ccccc56)ccc34)cc2)cc1. The Labute approximate surface area is 816 Å². The summed E-state index contributed by atoms with van der Waals surface area (Å²) in [6, 6.07) is 188. The molecule has 0 atom stereocenters. The average molecular weight is 1780 g/mol. The van der Waals surface area contributed by atoms with Crippen molar-refractivity contribution in [1.29, 1.82) is 0 Å². The molecule has 0 heterocycles. The van der Waals surface area contributed by atoms with Gasteiger partial charge in [-0.05, 0) is 311 Å². The van der Waals surface area contributed by atoms with Crippen LogP contribution in [0, 0.1) is 0 Å². The number of hydrogen-bond donors (Lipinski definition) is 0. The van der Waals surface area contributed by atoms with Crippen molar-refractivity contribution < 1.29 is 0 Å². The molecule has 0 N–H and O–H groups in total. The molecule has 0 nitrogen and oxygen atoms in total. The third kappa shape index (κ3) is 13.9. The highest BCUT2D eigenvalue weighted by Gasteiger charge is 2.38. The van der Waals surface area contributed by atoms with E-state index < -0.39 is 0 Å². The Bertz CT molecular complexity index is 9520. The summed E-state index contributed by atoms with van der Waals surface area (Å²) in [6.45, 7) is 9.49. The molecular weight excluding hydrogens is 1680 g/mol. The summed E-state index contributed by atoms with van der Waals surface area (Å²) < 4.78 is 0. The second-order valence-corrected chi connectivity index (χ2v) is 39.0. The maximum absolute atomic E-state index is 2.48. The maximum Gasteiger partial charge on any atom is 0.0159 e. The molecular formula is C140H96. The van der Waals surface area contributed by atoms with Crippen LogP contribution in [-0.4, -0.2) is 0 Å². The summed E-state index contributed by atoms with van der Waals surface area (Å²) >= 11 is 0. The van der Waals surface area contributed by atoms with E-state index in [4.69, 9.17) is 0 Å². The smallest absolute Gasteiger partial charge is 0.0159 e. The van der Waals surface area contributed by atoms with E-state index in [1.165, 1.54) is 274 Å². The molecule has 0 radical (unpaired) electrons. The summed E-state index contributed by atoms with van der Waals surface area (Å²) in [4.78, 5) is 0. The molecule has 0 fully saturated rings. The maximum atomic E-state index is 2.48. The van der Waals surface area contributed by atoms with Crippen LogP contribution in [0.1, 0.15) is 49.9 Å². The van der Waals surface area contributed by atoms with Gasteiger partial charge in [-0.3, -0.25) is 0 Å². The molecule has 2 aliphatic rings. The topological polar surface area (TPSA) is 0 Å². The van der Waals surface area contributed by atoms with E-state index >= 15 is 0 Å². The van der Waals surface area contributed by atoms with Crippen LogP contribution in [0.25, 0.3) is 252 Å². The third-order valence-electron chi connectivity index (χ3n) is 30.6. The van der Waals surface area contributed by atoms with Gasteiger partial charge in [-0.2, -0.15) is 0 Å². The lowest BCUT2D eigenvalue weighted by Crippen LogP contribution is -2.14. The molecule has 2 aliphatic carbocycles. The van der Waals surface area contributed by atoms with Crippen LogP contribution in [0.5, 0.6) is 0 Å². The van der Waals surface area contributed by atoms with Crippen LogP contribution in [0.3, 0.4) is 0 Å². The monoisotopic (exact) mass is 1780 g/mol. The highest BCUT2D eigenvalue weighted by molar-refractivity contribution is 6.28. The van der Waals surface area contributed by atoms with E-state index in [9.17, 15) is 0 Å². The van der Waals surface area contributed by atoms with Gasteiger partial charge in [0.2, 0.25) is 0 Å². The molecule has 0 amide bonds. The number of benzene rings is 26. The van der Waals surface area contributed by atoms with Crippen LogP contribution >= 0.6 is 0 Å². The lowest BCUT2D eigenvalue weighted by Gasteiger charge is -2.23. The minimum Gasteiger partial charge on any atom is -0.0622 e. The minimum absolute atomic E-state index is 0.0586. The van der Waals surface area contributed by atoms with E-state index in [-0.39, 0.29) is 10.8 Å². The van der Waals surface area contributed by atoms with Crippen molar-refractivity contribution in [3.63, 3.8) is 0 Å². The Morgan fingerprint density at radius 3 is 0.800 bits per heavy atom. The summed E-state index contributed by atoms with van der Waals surface area (Å²) in [5.74, 6) is 0. The zero-order chi connectivity index (χ0) is 93.3. The second-order valence-electron chi connectivity index (χ2n) is 39.0. The van der Waals surface area contributed by atoms with Gasteiger partial charge in [0.1, 0.15) is 0 Å². The predicted molar refractivity (Wildman–Crippen MR) is 601 cm³/mol. The van der Waals surface area contributed by atoms with E-state index in [0.717, 1.165) is 0 Å². The molecule has 656 valence electrons. The van der Waals surface area contributed by atoms with Gasteiger partial charge in [-0.15, -0.1) is 0 Å². The van der Waals surface area contributed by atoms with Crippen molar-refractivity contribution >= 4 is 118 Å². The van der Waals surface area contributed by atoms with Crippen LogP contribution < -0.4 is 0 Å². The molecule has 0 spiro atoms. The van der Waals surface area contributed by atoms with E-state index in [1.807, 2.05) is 0 Å². The minimum atomic E-state index is -0.0767. The zero-order valence-corrected chi connectivity index (χ0v) is 78.5. The Morgan fingerprint density at radius 2 is 0.350 bits per heavy atom. The van der Waals surface area contributed by atoms with Gasteiger partial charge in [0, 0.05) is 10.8 Å². The normalized spacial score (nSPS) is 12.7. The third-order valence-corrected chi connectivity index (χ3v) is 30.6. The lowest BCUT2D eigenvalue weighted by atomic mass is 9.80. The van der Waals surface area contributed by atoms with Gasteiger partial charge in [0.15, 0.2) is 0 Å². The molecule has 0 heteroatoms. The van der Waals surface area contributed by atoms with Gasteiger partial charge in [-0.25, -0.2) is 0 Å². The van der Waals surface area contributed by atoms with Crippen LogP contribution in [-0.2, 0) is 10.8 Å². The van der Waals surface area contributed by atoms with Gasteiger partial charge in [-0.1, -0.05) is 501 Å². The van der Waals surface area contributed by atoms with Gasteiger partial charge >= 0.3 is 0 Å². The lowest BCUT2D eigenvalue weighted by molar-refractivity contribution is 0.660. The largest absolute Gasteiger partial charge is 0.0622 e. The van der Waals surface area contributed by atoms with Crippen molar-refractivity contribution in [2.75, 3.05) is 0 Å². The molecule has 0 saturated carbocycles. The van der Waals surface area contributed by atoms with E-state index in [0.29, 0.717) is 0 Å². The fourth-order valence-corrected chi connectivity index (χ4v) is 23.9. The van der Waals surface area contributed by atoms with E-state index in [2.05, 4.69) is 537 Å². The first kappa shape index (κ1) is 83.2. The fourth-order valence-electron chi connectivity index (χ4n) is 23.9. The first-order valence-corrected chi connectivity index (χ1v) is 49.1. The molecule has 26 aromatic carbocycles. The Balaban J connectivity index is 0.000000108. The van der Waals surface area contributed by atoms with Crippen LogP contribution in [0.4, 0.5) is 0 Å². The first-order chi connectivity index (χ1) is 69.0. The summed E-state index contributed by atoms with van der Waals surface area (Å²) in [6.07, 6.45) is 0. The molecule has 0 aromatic heterocycles. The zero-order valence-electron chi connectivity index (χ0n) is 78.5. The quantitative estimate of drug-likeness (QED) is 0.120. The van der Waals surface area contributed by atoms with Gasteiger partial charge in [0.25, 0.3) is 0 Å². The Morgan fingerprint density at radius 1 is 0.107 bits per heavy atom. The average Bonchev–Trinajstić information content (AvgIpc) is 0.787. The van der Waals surface area contributed by atoms with E-state index in [1.54, 1.807) is 0 Å². The number of fused-ring (bicyclic) bond motifs is 17. The van der Waals surface area contributed by atoms with Crippen LogP contribution in [0.15, 0.2) is 510 Å². The van der Waals surface area contributed by atoms with Gasteiger partial charge < -0.3 is 0 Å². The van der Waals surface area contributed by atoms with Crippen molar-refractivity contribution in [3.05, 3.63) is 532 Å². The molecule has 26 aromatic rings. The number of rotatable bonds is 10. The second kappa shape index (κ2) is 33.8. The Hall–Kier alpha value is -17.4. The standard InChI is InChI=1S/C49H34.C46H30.C45H32/c1-49(2)45-21-10-9-17-38(45)39-26-25-36(30-46(39)49)47-41-18-7-8-19-42(41)48(40-20-11-15-32-13-5-6-16-37(32)40)43-27-24-35(29-44(43)47)34-23-22-31-12-3-4-14-33(31)28-34;1-2-12-31(13-3-1)32-24-26-35(27-25-32)45-41-20-8-9-21-42(41)46(40-23-11-17-34-15-5-7-19-38(34)40)44-30-36(28-29-43(44)45)39-22-10-16-33-14-4-6-18-37(33)39;1-45(2)41-22-11-10-18-34(41)35-25-24-32(28-42(35)45)43-37-19-8-9-20-38(37)44(36-21-12-16-30-15-6-7-17-33(30)36)40-27-31(23-26-39(40)43)29-13-4-3-5-14-29/h3-30H,1-2H3;1-30H;3-28H,1-2H3. The van der Waals surface area contributed by atoms with Gasteiger partial charge in [0.05, 0.1) is 0 Å². The fraction of sp³-hybridized carbons (Fsp3) is 0.0429. The molecule has 0 bridgehead atoms. The highest BCUT2D eigenvalue weighted by atomic mass is 14.4.